The Morgan fingerprint density at radius 1 is 1.21 bits per heavy atom. The minimum absolute atomic E-state index is 0.142. The van der Waals surface area contributed by atoms with Crippen LogP contribution >= 0.6 is 0 Å². The molecule has 1 aliphatic heterocycles. The Morgan fingerprint density at radius 3 is 2.75 bits per heavy atom. The molecule has 0 radical (unpaired) electrons. The molecule has 0 spiro atoms. The third-order valence-corrected chi connectivity index (χ3v) is 3.63. The fraction of sp³-hybridized carbons (Fsp3) is 0.278. The first-order chi connectivity index (χ1) is 11.5. The Labute approximate surface area is 140 Å². The van der Waals surface area contributed by atoms with E-state index in [2.05, 4.69) is 13.8 Å². The molecule has 24 heavy (non-hydrogen) atoms. The second-order valence-electron chi connectivity index (χ2n) is 6.02. The van der Waals surface area contributed by atoms with E-state index in [1.165, 1.54) is 12.1 Å². The Kier molecular flexibility index (Phi) is 4.80. The molecular formula is C18H19NO5. The molecule has 126 valence electrons. The van der Waals surface area contributed by atoms with Crippen molar-refractivity contribution in [3.05, 3.63) is 65.2 Å². The van der Waals surface area contributed by atoms with Gasteiger partial charge < -0.3 is 5.11 Å². The second kappa shape index (κ2) is 7.00. The zero-order valence-electron chi connectivity index (χ0n) is 13.5. The van der Waals surface area contributed by atoms with Crippen molar-refractivity contribution >= 4 is 11.7 Å². The predicted octanol–water partition coefficient (Wildman–Crippen LogP) is 3.90. The van der Waals surface area contributed by atoms with Crippen molar-refractivity contribution in [2.24, 2.45) is 5.92 Å². The number of carboxylic acids is 1. The Morgan fingerprint density at radius 2 is 2.00 bits per heavy atom. The maximum absolute atomic E-state index is 11.1. The van der Waals surface area contributed by atoms with Gasteiger partial charge in [0.1, 0.15) is 0 Å². The highest BCUT2D eigenvalue weighted by Crippen LogP contribution is 2.33. The maximum Gasteiger partial charge on any atom is 0.335 e. The maximum atomic E-state index is 11.1. The van der Waals surface area contributed by atoms with Crippen molar-refractivity contribution in [2.45, 2.75) is 26.6 Å². The lowest BCUT2D eigenvalue weighted by Crippen LogP contribution is -2.16. The molecule has 1 saturated heterocycles. The quantitative estimate of drug-likeness (QED) is 0.839. The molecule has 1 unspecified atom stereocenters. The van der Waals surface area contributed by atoms with Gasteiger partial charge in [-0.15, -0.1) is 0 Å². The van der Waals surface area contributed by atoms with Crippen LogP contribution in [0.1, 0.15) is 41.6 Å². The summed E-state index contributed by atoms with van der Waals surface area (Å²) >= 11 is 0. The minimum Gasteiger partial charge on any atom is -0.478 e. The van der Waals surface area contributed by atoms with Crippen molar-refractivity contribution in [3.63, 3.8) is 0 Å². The molecule has 0 aliphatic carbocycles. The van der Waals surface area contributed by atoms with Crippen LogP contribution in [0.5, 0.6) is 0 Å². The Bertz CT molecular complexity index is 731. The summed E-state index contributed by atoms with van der Waals surface area (Å²) in [6, 6.07) is 14.1. The average molecular weight is 329 g/mol. The number of aromatic carboxylic acids is 1. The monoisotopic (exact) mass is 329 g/mol. The summed E-state index contributed by atoms with van der Waals surface area (Å²) in [5, 5.41) is 10.2. The van der Waals surface area contributed by atoms with Gasteiger partial charge in [-0.3, -0.25) is 0 Å². The Hall–Kier alpha value is -2.41. The highest BCUT2D eigenvalue weighted by Gasteiger charge is 2.30. The van der Waals surface area contributed by atoms with Crippen molar-refractivity contribution in [1.82, 2.24) is 0 Å². The summed E-state index contributed by atoms with van der Waals surface area (Å²) < 4.78 is 0. The third-order valence-electron chi connectivity index (χ3n) is 3.63. The third kappa shape index (κ3) is 3.56. The predicted molar refractivity (Wildman–Crippen MR) is 86.9 cm³/mol. The first-order valence-electron chi connectivity index (χ1n) is 7.76. The van der Waals surface area contributed by atoms with Crippen LogP contribution in [-0.4, -0.2) is 11.1 Å². The molecule has 6 heteroatoms. The van der Waals surface area contributed by atoms with E-state index < -0.39 is 12.3 Å². The summed E-state index contributed by atoms with van der Waals surface area (Å²) in [5.74, 6) is -0.521. The zero-order chi connectivity index (χ0) is 17.1. The lowest BCUT2D eigenvalue weighted by Gasteiger charge is -2.15. The molecule has 6 nitrogen and oxygen atoms in total. The van der Waals surface area contributed by atoms with Crippen LogP contribution in [0.4, 0.5) is 5.69 Å². The van der Waals surface area contributed by atoms with Gasteiger partial charge in [0, 0.05) is 5.56 Å². The number of nitrogens with zero attached hydrogens (tertiary/aromatic N) is 1. The fourth-order valence-electron chi connectivity index (χ4n) is 2.56. The SMILES string of the molecule is CC(C)Cc1ccccc1C1OON(c2cccc(C(=O)O)c2)O1. The molecule has 3 rings (SSSR count). The summed E-state index contributed by atoms with van der Waals surface area (Å²) in [7, 11) is 0. The van der Waals surface area contributed by atoms with Gasteiger partial charge in [-0.25, -0.2) is 9.63 Å². The molecule has 1 fully saturated rings. The molecule has 1 N–H and O–H groups in total. The molecule has 0 bridgehead atoms. The van der Waals surface area contributed by atoms with Gasteiger partial charge in [-0.2, -0.15) is 4.89 Å². The summed E-state index contributed by atoms with van der Waals surface area (Å²) in [6.07, 6.45) is 0.196. The largest absolute Gasteiger partial charge is 0.478 e. The molecule has 0 aromatic heterocycles. The number of hydrogen-bond acceptors (Lipinski definition) is 5. The highest BCUT2D eigenvalue weighted by molar-refractivity contribution is 5.88. The van der Waals surface area contributed by atoms with Crippen LogP contribution in [0.15, 0.2) is 48.5 Å². The van der Waals surface area contributed by atoms with Crippen LogP contribution in [0.3, 0.4) is 0 Å². The Balaban J connectivity index is 1.79. The number of carbonyl (C=O) groups is 1. The number of hydrogen-bond donors (Lipinski definition) is 1. The van der Waals surface area contributed by atoms with E-state index >= 15 is 0 Å². The average Bonchev–Trinajstić information content (AvgIpc) is 3.05. The highest BCUT2D eigenvalue weighted by atomic mass is 17.4. The first-order valence-corrected chi connectivity index (χ1v) is 7.76. The summed E-state index contributed by atoms with van der Waals surface area (Å²) in [4.78, 5) is 27.2. The minimum atomic E-state index is -1.02. The molecule has 2 aromatic rings. The zero-order valence-corrected chi connectivity index (χ0v) is 13.5. The lowest BCUT2D eigenvalue weighted by atomic mass is 9.98. The molecule has 1 atom stereocenters. The number of benzene rings is 2. The van der Waals surface area contributed by atoms with Gasteiger partial charge in [0.15, 0.2) is 0 Å². The fourth-order valence-corrected chi connectivity index (χ4v) is 2.56. The van der Waals surface area contributed by atoms with E-state index in [9.17, 15) is 4.79 Å². The molecular weight excluding hydrogens is 310 g/mol. The molecule has 0 saturated carbocycles. The van der Waals surface area contributed by atoms with E-state index in [0.717, 1.165) is 22.8 Å². The van der Waals surface area contributed by atoms with Gasteiger partial charge in [-0.1, -0.05) is 54.4 Å². The van der Waals surface area contributed by atoms with Crippen LogP contribution in [0.25, 0.3) is 0 Å². The van der Waals surface area contributed by atoms with Crippen LogP contribution in [-0.2, 0) is 21.1 Å². The van der Waals surface area contributed by atoms with Gasteiger partial charge >= 0.3 is 5.97 Å². The second-order valence-corrected chi connectivity index (χ2v) is 6.02. The van der Waals surface area contributed by atoms with E-state index in [4.69, 9.17) is 19.8 Å². The number of rotatable bonds is 5. The topological polar surface area (TPSA) is 68.2 Å². The molecule has 2 aromatic carbocycles. The van der Waals surface area contributed by atoms with E-state index in [1.54, 1.807) is 12.1 Å². The number of anilines is 1. The standard InChI is InChI=1S/C18H19NO5/c1-12(2)10-13-6-3-4-9-16(13)18-22-19(24-23-18)15-8-5-7-14(11-15)17(20)21/h3-9,11-12,18H,10H2,1-2H3,(H,20,21). The van der Waals surface area contributed by atoms with Crippen molar-refractivity contribution in [3.8, 4) is 0 Å². The molecule has 0 amide bonds. The van der Waals surface area contributed by atoms with Crippen LogP contribution in [0.2, 0.25) is 0 Å². The smallest absolute Gasteiger partial charge is 0.335 e. The normalized spacial score (nSPS) is 17.5. The molecule has 1 heterocycles. The van der Waals surface area contributed by atoms with Gasteiger partial charge in [-0.05, 0) is 36.1 Å². The van der Waals surface area contributed by atoms with Crippen LogP contribution in [0, 0.1) is 5.92 Å². The van der Waals surface area contributed by atoms with E-state index in [-0.39, 0.29) is 5.56 Å². The van der Waals surface area contributed by atoms with E-state index in [0.29, 0.717) is 11.6 Å². The summed E-state index contributed by atoms with van der Waals surface area (Å²) in [6.45, 7) is 4.29. The van der Waals surface area contributed by atoms with Gasteiger partial charge in [0.2, 0.25) is 6.29 Å². The molecule has 1 aliphatic rings. The van der Waals surface area contributed by atoms with Crippen LogP contribution < -0.4 is 5.23 Å². The van der Waals surface area contributed by atoms with Crippen molar-refractivity contribution in [1.29, 1.82) is 0 Å². The first kappa shape index (κ1) is 16.4. The van der Waals surface area contributed by atoms with Crippen molar-refractivity contribution in [2.75, 3.05) is 5.23 Å². The van der Waals surface area contributed by atoms with Gasteiger partial charge in [0.05, 0.1) is 11.3 Å². The van der Waals surface area contributed by atoms with Crippen molar-refractivity contribution < 1.29 is 24.6 Å². The summed E-state index contributed by atoms with van der Waals surface area (Å²) in [5.41, 5.74) is 2.60. The van der Waals surface area contributed by atoms with Gasteiger partial charge in [0.25, 0.3) is 0 Å². The van der Waals surface area contributed by atoms with E-state index in [1.807, 2.05) is 24.3 Å². The lowest BCUT2D eigenvalue weighted by molar-refractivity contribution is -0.286. The number of carboxylic acid groups (broad SMARTS) is 1.